The molecule has 19 heteroatoms. The van der Waals surface area contributed by atoms with Crippen molar-refractivity contribution in [1.29, 1.82) is 0 Å². The molecule has 37 heavy (non-hydrogen) atoms. The number of fused-ring (bicyclic) bond motifs is 1. The summed E-state index contributed by atoms with van der Waals surface area (Å²) in [6, 6.07) is 0. The Balaban J connectivity index is 0.000000604. The van der Waals surface area contributed by atoms with Crippen molar-refractivity contribution in [3.8, 4) is 0 Å². The molecule has 2 aromatic heterocycles. The van der Waals surface area contributed by atoms with Gasteiger partial charge in [-0.2, -0.15) is 8.42 Å². The molecule has 1 fully saturated rings. The Labute approximate surface area is 212 Å². The van der Waals surface area contributed by atoms with Crippen LogP contribution in [0, 0.1) is 0 Å². The van der Waals surface area contributed by atoms with Gasteiger partial charge in [-0.15, -0.1) is 0 Å². The number of nitrogen functional groups attached to an aromatic ring is 1. The molecule has 3 rings (SSSR count). The fraction of sp³-hybridized carbons (Fsp3) is 0.722. The van der Waals surface area contributed by atoms with Gasteiger partial charge in [0.2, 0.25) is 17.5 Å². The van der Waals surface area contributed by atoms with Gasteiger partial charge in [-0.3, -0.25) is 18.9 Å². The Morgan fingerprint density at radius 3 is 2.41 bits per heavy atom. The number of H-pyrrole nitrogens is 1. The lowest BCUT2D eigenvalue weighted by Crippen LogP contribution is -2.55. The van der Waals surface area contributed by atoms with Gasteiger partial charge < -0.3 is 39.9 Å². The van der Waals surface area contributed by atoms with Gasteiger partial charge in [0.1, 0.15) is 6.10 Å². The summed E-state index contributed by atoms with van der Waals surface area (Å²) < 4.78 is 50.5. The first-order chi connectivity index (χ1) is 17.0. The lowest BCUT2D eigenvalue weighted by atomic mass is 10.1. The molecule has 0 radical (unpaired) electrons. The number of phosphoric acid groups is 1. The first-order valence-electron chi connectivity index (χ1n) is 11.1. The minimum atomic E-state index is -5.30. The van der Waals surface area contributed by atoms with E-state index in [0.717, 1.165) is 4.57 Å². The van der Waals surface area contributed by atoms with Crippen LogP contribution < -0.4 is 20.8 Å². The Morgan fingerprint density at radius 1 is 1.38 bits per heavy atom. The van der Waals surface area contributed by atoms with Crippen LogP contribution in [0.25, 0.3) is 11.2 Å². The van der Waals surface area contributed by atoms with E-state index < -0.39 is 54.3 Å². The number of nitrogens with one attached hydrogen (secondary N) is 1. The molecule has 1 aliphatic rings. The highest BCUT2D eigenvalue weighted by Crippen LogP contribution is 2.40. The van der Waals surface area contributed by atoms with Crippen LogP contribution in [-0.4, -0.2) is 93.5 Å². The Kier molecular flexibility index (Phi) is 9.97. The van der Waals surface area contributed by atoms with Crippen molar-refractivity contribution in [3.63, 3.8) is 0 Å². The van der Waals surface area contributed by atoms with E-state index in [-0.39, 0.29) is 17.1 Å². The molecule has 1 saturated heterocycles. The van der Waals surface area contributed by atoms with Crippen LogP contribution in [0.1, 0.15) is 27.0 Å². The minimum absolute atomic E-state index is 0.00770. The van der Waals surface area contributed by atoms with Gasteiger partial charge in [-0.1, -0.05) is 25.8 Å². The second-order valence-electron chi connectivity index (χ2n) is 8.14. The van der Waals surface area contributed by atoms with Crippen LogP contribution in [0.3, 0.4) is 0 Å². The minimum Gasteiger partial charge on any atom is -0.756 e. The number of rotatable bonds is 9. The summed E-state index contributed by atoms with van der Waals surface area (Å²) in [6.07, 6.45) is -3.89. The molecule has 1 unspecified atom stereocenters. The van der Waals surface area contributed by atoms with Crippen molar-refractivity contribution >= 4 is 35.1 Å². The van der Waals surface area contributed by atoms with Gasteiger partial charge in [0.15, 0.2) is 12.4 Å². The monoisotopic (exact) mass is 572 g/mol. The number of anilines is 1. The van der Waals surface area contributed by atoms with Gasteiger partial charge in [-0.05, 0) is 19.6 Å². The standard InChI is InChI=1S/C12H18N5O11PS.C6H15N/c1-16-4-17(8-6(16)9(19)15-11(13)14-8)10-7(18)12(20,28-30(2,24)25)5(27-10)3-26-29(21,22)23;1-4-7(5-2)6-3/h4-5,7,10,18,20H,3H2,1-2H3,(H4-,13,14,15,19,21,22,23);4-6H2,1-3H3/t5-,7+,10-,12+;/m1./s1. The van der Waals surface area contributed by atoms with Gasteiger partial charge >= 0.3 is 5.65 Å². The molecule has 1 aliphatic heterocycles. The number of aromatic amines is 1. The van der Waals surface area contributed by atoms with Crippen molar-refractivity contribution in [1.82, 2.24) is 19.4 Å². The molecule has 17 nitrogen and oxygen atoms in total. The maximum atomic E-state index is 12.1. The molecule has 0 aliphatic carbocycles. The van der Waals surface area contributed by atoms with E-state index in [4.69, 9.17) is 15.4 Å². The van der Waals surface area contributed by atoms with Crippen LogP contribution in [0.5, 0.6) is 0 Å². The summed E-state index contributed by atoms with van der Waals surface area (Å²) in [5.74, 6) is -3.30. The van der Waals surface area contributed by atoms with E-state index in [1.807, 2.05) is 0 Å². The van der Waals surface area contributed by atoms with E-state index in [2.05, 4.69) is 44.3 Å². The summed E-state index contributed by atoms with van der Waals surface area (Å²) in [5.41, 5.74) is 4.78. The highest BCUT2D eigenvalue weighted by Gasteiger charge is 2.61. The number of hydrogen-bond donors (Lipinski definition) is 5. The zero-order chi connectivity index (χ0) is 28.3. The maximum Gasteiger partial charge on any atom is 0.313 e. The van der Waals surface area contributed by atoms with Crippen LogP contribution in [0.15, 0.2) is 11.1 Å². The Morgan fingerprint density at radius 2 is 1.95 bits per heavy atom. The third-order valence-electron chi connectivity index (χ3n) is 5.54. The normalized spacial score (nSPS) is 25.7. The number of nitrogens with two attached hydrogens (primary N) is 1. The molecule has 212 valence electrons. The second-order valence-corrected chi connectivity index (χ2v) is 10.9. The first-order valence-corrected chi connectivity index (χ1v) is 14.4. The SMILES string of the molecule is CCN(CC)CC.Cn1c[n+]([C@@H]2O[C@H](COP(=O)([O-])O)[C@](O)(OS(C)(=O)=O)[C@H]2O)c2nc(N)[nH]c(=O)c21. The van der Waals surface area contributed by atoms with Gasteiger partial charge in [0, 0.05) is 0 Å². The molecule has 0 aromatic carbocycles. The third kappa shape index (κ3) is 7.53. The Bertz CT molecular complexity index is 1290. The number of hydrogen-bond acceptors (Lipinski definition) is 13. The van der Waals surface area contributed by atoms with Crippen molar-refractivity contribution < 1.29 is 51.0 Å². The third-order valence-corrected chi connectivity index (χ3v) is 6.58. The molecule has 0 spiro atoms. The number of imidazole rings is 1. The van der Waals surface area contributed by atoms with E-state index in [9.17, 15) is 32.9 Å². The number of aryl methyl sites for hydroxylation is 1. The highest BCUT2D eigenvalue weighted by molar-refractivity contribution is 7.86. The number of nitrogens with zero attached hydrogens (tertiary/aromatic N) is 4. The van der Waals surface area contributed by atoms with Gasteiger partial charge in [0.25, 0.3) is 29.4 Å². The van der Waals surface area contributed by atoms with E-state index in [0.29, 0.717) is 6.26 Å². The van der Waals surface area contributed by atoms with Gasteiger partial charge in [-0.25, -0.2) is 8.75 Å². The molecular weight excluding hydrogens is 539 g/mol. The van der Waals surface area contributed by atoms with E-state index in [1.54, 1.807) is 0 Å². The summed E-state index contributed by atoms with van der Waals surface area (Å²) in [5, 5.41) is 21.3. The van der Waals surface area contributed by atoms with Crippen molar-refractivity contribution in [2.45, 2.75) is 45.0 Å². The largest absolute Gasteiger partial charge is 0.756 e. The predicted molar refractivity (Wildman–Crippen MR) is 126 cm³/mol. The summed E-state index contributed by atoms with van der Waals surface area (Å²) in [6.45, 7) is 9.01. The zero-order valence-electron chi connectivity index (χ0n) is 21.0. The zero-order valence-corrected chi connectivity index (χ0v) is 22.7. The molecule has 6 N–H and O–H groups in total. The lowest BCUT2D eigenvalue weighted by Gasteiger charge is -2.29. The van der Waals surface area contributed by atoms with Gasteiger partial charge in [0.05, 0.1) is 19.9 Å². The van der Waals surface area contributed by atoms with Crippen LogP contribution in [0.4, 0.5) is 5.95 Å². The first kappa shape index (κ1) is 31.2. The number of aliphatic hydroxyl groups is 2. The number of aliphatic hydroxyl groups excluding tert-OH is 1. The molecular formula is C18H33N6O11PS. The van der Waals surface area contributed by atoms with Crippen molar-refractivity contribution in [2.24, 2.45) is 7.05 Å². The predicted octanol–water partition coefficient (Wildman–Crippen LogP) is -3.12. The fourth-order valence-corrected chi connectivity index (χ4v) is 4.76. The summed E-state index contributed by atoms with van der Waals surface area (Å²) in [7, 11) is -8.25. The van der Waals surface area contributed by atoms with Crippen molar-refractivity contribution in [3.05, 3.63) is 16.7 Å². The quantitative estimate of drug-likeness (QED) is 0.0863. The van der Waals surface area contributed by atoms with Crippen LogP contribution in [0.2, 0.25) is 0 Å². The number of phosphoric ester groups is 1. The average Bonchev–Trinajstić information content (AvgIpc) is 3.20. The van der Waals surface area contributed by atoms with Crippen molar-refractivity contribution in [2.75, 3.05) is 38.2 Å². The molecule has 2 aromatic rings. The Hall–Kier alpha value is -1.99. The van der Waals surface area contributed by atoms with E-state index >= 15 is 0 Å². The summed E-state index contributed by atoms with van der Waals surface area (Å²) in [4.78, 5) is 40.4. The topological polar surface area (TPSA) is 246 Å². The molecule has 0 amide bonds. The lowest BCUT2D eigenvalue weighted by molar-refractivity contribution is -0.746. The van der Waals surface area contributed by atoms with Crippen LogP contribution >= 0.6 is 7.82 Å². The smallest absolute Gasteiger partial charge is 0.313 e. The molecule has 5 atom stereocenters. The molecule has 3 heterocycles. The average molecular weight is 573 g/mol. The number of aromatic nitrogens is 4. The second kappa shape index (κ2) is 11.8. The van der Waals surface area contributed by atoms with E-state index in [1.165, 1.54) is 37.6 Å². The molecule has 0 saturated carbocycles. The summed E-state index contributed by atoms with van der Waals surface area (Å²) >= 11 is 0. The molecule has 0 bridgehead atoms. The fourth-order valence-electron chi connectivity index (χ4n) is 3.74. The maximum absolute atomic E-state index is 12.1. The number of ether oxygens (including phenoxy) is 1. The highest BCUT2D eigenvalue weighted by atomic mass is 32.2. The van der Waals surface area contributed by atoms with Crippen LogP contribution in [-0.2, 0) is 35.2 Å².